The second kappa shape index (κ2) is 9.79. The van der Waals surface area contributed by atoms with E-state index in [4.69, 9.17) is 4.74 Å². The molecule has 2 heterocycles. The normalized spacial score (nSPS) is 21.0. The first kappa shape index (κ1) is 20.5. The largest absolute Gasteiger partial charge is 0.496 e. The number of nitrogens with one attached hydrogen (secondary N) is 1. The van der Waals surface area contributed by atoms with Crippen LogP contribution in [-0.4, -0.2) is 37.6 Å². The van der Waals surface area contributed by atoms with Crippen molar-refractivity contribution in [2.75, 3.05) is 26.7 Å². The first-order chi connectivity index (χ1) is 11.7. The van der Waals surface area contributed by atoms with Crippen LogP contribution in [0.25, 0.3) is 0 Å². The average molecular weight is 432 g/mol. The molecular formula is C19H28BrClN2O2. The van der Waals surface area contributed by atoms with E-state index in [1.165, 1.54) is 12.8 Å². The Morgan fingerprint density at radius 2 is 2.08 bits per heavy atom. The fraction of sp³-hybridized carbons (Fsp3) is 0.632. The molecular weight excluding hydrogens is 404 g/mol. The molecule has 0 aromatic heterocycles. The van der Waals surface area contributed by atoms with E-state index in [0.29, 0.717) is 18.2 Å². The summed E-state index contributed by atoms with van der Waals surface area (Å²) in [6, 6.07) is 6.22. The molecule has 1 aromatic carbocycles. The van der Waals surface area contributed by atoms with Gasteiger partial charge in [-0.3, -0.25) is 4.79 Å². The van der Waals surface area contributed by atoms with Gasteiger partial charge >= 0.3 is 0 Å². The van der Waals surface area contributed by atoms with E-state index in [1.807, 2.05) is 12.1 Å². The van der Waals surface area contributed by atoms with Gasteiger partial charge in [-0.1, -0.05) is 15.9 Å². The van der Waals surface area contributed by atoms with Crippen LogP contribution in [0.4, 0.5) is 0 Å². The van der Waals surface area contributed by atoms with Crippen molar-refractivity contribution in [3.05, 3.63) is 28.2 Å². The number of halogens is 2. The zero-order chi connectivity index (χ0) is 16.9. The summed E-state index contributed by atoms with van der Waals surface area (Å²) in [6.07, 6.45) is 6.20. The van der Waals surface area contributed by atoms with Gasteiger partial charge in [0.2, 0.25) is 5.91 Å². The van der Waals surface area contributed by atoms with Crippen molar-refractivity contribution in [2.24, 2.45) is 5.92 Å². The molecule has 6 heteroatoms. The Morgan fingerprint density at radius 1 is 1.32 bits per heavy atom. The number of hydrogen-bond donors (Lipinski definition) is 1. The lowest BCUT2D eigenvalue weighted by Gasteiger charge is -2.28. The van der Waals surface area contributed by atoms with Crippen LogP contribution in [-0.2, 0) is 4.79 Å². The van der Waals surface area contributed by atoms with Gasteiger partial charge in [0.05, 0.1) is 13.2 Å². The second-order valence-corrected chi connectivity index (χ2v) is 7.78. The van der Waals surface area contributed by atoms with Crippen LogP contribution < -0.4 is 10.1 Å². The van der Waals surface area contributed by atoms with Crippen molar-refractivity contribution >= 4 is 34.2 Å². The van der Waals surface area contributed by atoms with Gasteiger partial charge in [-0.15, -0.1) is 12.4 Å². The van der Waals surface area contributed by atoms with E-state index < -0.39 is 0 Å². The number of piperidine rings is 1. The third kappa shape index (κ3) is 5.11. The van der Waals surface area contributed by atoms with Crippen molar-refractivity contribution in [2.45, 2.75) is 44.6 Å². The fourth-order valence-electron chi connectivity index (χ4n) is 4.00. The highest BCUT2D eigenvalue weighted by atomic mass is 79.9. The first-order valence-electron chi connectivity index (χ1n) is 9.02. The van der Waals surface area contributed by atoms with Crippen molar-refractivity contribution in [3.63, 3.8) is 0 Å². The quantitative estimate of drug-likeness (QED) is 0.755. The van der Waals surface area contributed by atoms with E-state index in [9.17, 15) is 4.79 Å². The van der Waals surface area contributed by atoms with E-state index in [-0.39, 0.29) is 18.4 Å². The zero-order valence-electron chi connectivity index (χ0n) is 14.8. The van der Waals surface area contributed by atoms with Gasteiger partial charge in [0.1, 0.15) is 5.75 Å². The minimum Gasteiger partial charge on any atom is -0.496 e. The molecule has 1 amide bonds. The van der Waals surface area contributed by atoms with Gasteiger partial charge in [-0.05, 0) is 69.3 Å². The maximum atomic E-state index is 12.8. The molecule has 1 unspecified atom stereocenters. The van der Waals surface area contributed by atoms with Crippen LogP contribution in [0.3, 0.4) is 0 Å². The Labute approximate surface area is 165 Å². The molecule has 1 N–H and O–H groups in total. The zero-order valence-corrected chi connectivity index (χ0v) is 17.2. The van der Waals surface area contributed by atoms with E-state index in [0.717, 1.165) is 54.7 Å². The van der Waals surface area contributed by atoms with Crippen LogP contribution in [0.1, 0.15) is 50.1 Å². The Hall–Kier alpha value is -0.780. The SMILES string of the molecule is COc1ccc(Br)cc1C1CCCN1C(=O)CCC1CCNCC1.Cl. The number of methoxy groups -OCH3 is 1. The summed E-state index contributed by atoms with van der Waals surface area (Å²) in [7, 11) is 1.70. The molecule has 2 aliphatic heterocycles. The van der Waals surface area contributed by atoms with E-state index in [2.05, 4.69) is 32.2 Å². The number of ether oxygens (including phenoxy) is 1. The molecule has 1 atom stereocenters. The highest BCUT2D eigenvalue weighted by Gasteiger charge is 2.32. The smallest absolute Gasteiger partial charge is 0.223 e. The fourth-order valence-corrected chi connectivity index (χ4v) is 4.37. The number of amides is 1. The Bertz CT molecular complexity index is 579. The predicted molar refractivity (Wildman–Crippen MR) is 106 cm³/mol. The van der Waals surface area contributed by atoms with Crippen molar-refractivity contribution in [1.29, 1.82) is 0 Å². The van der Waals surface area contributed by atoms with Gasteiger partial charge in [-0.2, -0.15) is 0 Å². The molecule has 25 heavy (non-hydrogen) atoms. The third-order valence-corrected chi connectivity index (χ3v) is 5.84. The highest BCUT2D eigenvalue weighted by molar-refractivity contribution is 9.10. The lowest BCUT2D eigenvalue weighted by Crippen LogP contribution is -2.32. The lowest BCUT2D eigenvalue weighted by atomic mass is 9.93. The molecule has 0 saturated carbocycles. The van der Waals surface area contributed by atoms with Gasteiger partial charge in [0, 0.05) is 23.0 Å². The summed E-state index contributed by atoms with van der Waals surface area (Å²) < 4.78 is 6.56. The van der Waals surface area contributed by atoms with Crippen LogP contribution in [0, 0.1) is 5.92 Å². The number of nitrogens with zero attached hydrogens (tertiary/aromatic N) is 1. The maximum Gasteiger partial charge on any atom is 0.223 e. The van der Waals surface area contributed by atoms with Crippen molar-refractivity contribution in [3.8, 4) is 5.75 Å². The van der Waals surface area contributed by atoms with Crippen molar-refractivity contribution in [1.82, 2.24) is 10.2 Å². The summed E-state index contributed by atoms with van der Waals surface area (Å²) in [4.78, 5) is 14.9. The molecule has 2 fully saturated rings. The Kier molecular flexibility index (Phi) is 8.04. The number of rotatable bonds is 5. The molecule has 0 spiro atoms. The number of carbonyl (C=O) groups is 1. The standard InChI is InChI=1S/C19H27BrN2O2.ClH/c1-24-18-6-5-15(20)13-16(18)17-3-2-12-22(17)19(23)7-4-14-8-10-21-11-9-14;/h5-6,13-14,17,21H,2-4,7-12H2,1H3;1H. The van der Waals surface area contributed by atoms with Crippen molar-refractivity contribution < 1.29 is 9.53 Å². The molecule has 0 bridgehead atoms. The highest BCUT2D eigenvalue weighted by Crippen LogP contribution is 2.39. The molecule has 2 aliphatic rings. The minimum absolute atomic E-state index is 0. The van der Waals surface area contributed by atoms with Gasteiger partial charge < -0.3 is 15.0 Å². The minimum atomic E-state index is 0. The summed E-state index contributed by atoms with van der Waals surface area (Å²) >= 11 is 3.55. The summed E-state index contributed by atoms with van der Waals surface area (Å²) in [5.41, 5.74) is 1.12. The average Bonchev–Trinajstić information content (AvgIpc) is 3.10. The van der Waals surface area contributed by atoms with Gasteiger partial charge in [-0.25, -0.2) is 0 Å². The molecule has 140 valence electrons. The number of hydrogen-bond acceptors (Lipinski definition) is 3. The number of likely N-dealkylation sites (tertiary alicyclic amines) is 1. The summed E-state index contributed by atoms with van der Waals surface area (Å²) in [6.45, 7) is 3.06. The summed E-state index contributed by atoms with van der Waals surface area (Å²) in [5, 5.41) is 3.39. The molecule has 1 aromatic rings. The number of carbonyl (C=O) groups excluding carboxylic acids is 1. The Morgan fingerprint density at radius 3 is 2.80 bits per heavy atom. The Balaban J connectivity index is 0.00000225. The van der Waals surface area contributed by atoms with Crippen LogP contribution in [0.2, 0.25) is 0 Å². The summed E-state index contributed by atoms with van der Waals surface area (Å²) in [5.74, 6) is 1.89. The molecule has 3 rings (SSSR count). The molecule has 4 nitrogen and oxygen atoms in total. The van der Waals surface area contributed by atoms with Gasteiger partial charge in [0.15, 0.2) is 0 Å². The topological polar surface area (TPSA) is 41.6 Å². The number of benzene rings is 1. The van der Waals surface area contributed by atoms with Gasteiger partial charge in [0.25, 0.3) is 0 Å². The first-order valence-corrected chi connectivity index (χ1v) is 9.82. The molecule has 0 radical (unpaired) electrons. The molecule has 2 saturated heterocycles. The van der Waals surface area contributed by atoms with E-state index >= 15 is 0 Å². The lowest BCUT2D eigenvalue weighted by molar-refractivity contribution is -0.132. The third-order valence-electron chi connectivity index (χ3n) is 5.35. The molecule has 0 aliphatic carbocycles. The second-order valence-electron chi connectivity index (χ2n) is 6.86. The van der Waals surface area contributed by atoms with Crippen LogP contribution in [0.15, 0.2) is 22.7 Å². The van der Waals surface area contributed by atoms with Crippen LogP contribution in [0.5, 0.6) is 5.75 Å². The van der Waals surface area contributed by atoms with Crippen LogP contribution >= 0.6 is 28.3 Å². The maximum absolute atomic E-state index is 12.8. The monoisotopic (exact) mass is 430 g/mol. The van der Waals surface area contributed by atoms with E-state index in [1.54, 1.807) is 7.11 Å². The predicted octanol–water partition coefficient (Wildman–Crippen LogP) is 4.32.